The first kappa shape index (κ1) is 37.3. The van der Waals surface area contributed by atoms with Crippen LogP contribution in [-0.2, 0) is 33.7 Å². The standard InChI is InChI=1S/C43H44N6O6S/c1-27-33(22-44-49(27)23-29-10-5-7-14-36(29)54-26-30-25-52-20-21-53-30)31-16-17-38(46-39(31)41(51)55-43(2,3)4)48-19-18-28-11-9-12-32(34(28)24-48)40(50)47-42-45-35-13-6-8-15-37(35)56-42/h5-17,22,30H,18-21,23-26H2,1-4H3,(H,45,47,50). The number of thiazole rings is 1. The van der Waals surface area contributed by atoms with Gasteiger partial charge in [0.25, 0.3) is 5.91 Å². The monoisotopic (exact) mass is 772 g/mol. The number of anilines is 2. The van der Waals surface area contributed by atoms with Gasteiger partial charge in [0.1, 0.15) is 29.9 Å². The number of pyridine rings is 1. The van der Waals surface area contributed by atoms with E-state index >= 15 is 0 Å². The SMILES string of the molecule is Cc1c(-c2ccc(N3CCc4cccc(C(=O)Nc5nc6ccccc6s5)c4C3)nc2C(=O)OC(C)(C)C)cnn1Cc1ccccc1OCC1COCCO1. The Balaban J connectivity index is 1.05. The number of carbonyl (C=O) groups is 2. The van der Waals surface area contributed by atoms with Crippen molar-refractivity contribution in [1.82, 2.24) is 19.7 Å². The Morgan fingerprint density at radius 1 is 0.964 bits per heavy atom. The molecule has 1 amide bonds. The van der Waals surface area contributed by atoms with Crippen LogP contribution in [0.1, 0.15) is 64.0 Å². The Hall–Kier alpha value is -5.63. The third-order valence-corrected chi connectivity index (χ3v) is 10.8. The van der Waals surface area contributed by atoms with Crippen LogP contribution in [0.5, 0.6) is 5.75 Å². The van der Waals surface area contributed by atoms with Gasteiger partial charge in [-0.05, 0) is 81.6 Å². The number of nitrogens with one attached hydrogen (secondary N) is 1. The number of hydrogen-bond donors (Lipinski definition) is 1. The molecule has 8 rings (SSSR count). The Kier molecular flexibility index (Phi) is 10.6. The van der Waals surface area contributed by atoms with Crippen LogP contribution in [0.15, 0.2) is 85.1 Å². The van der Waals surface area contributed by atoms with Gasteiger partial charge in [-0.25, -0.2) is 14.8 Å². The highest BCUT2D eigenvalue weighted by atomic mass is 32.1. The second-order valence-corrected chi connectivity index (χ2v) is 15.9. The van der Waals surface area contributed by atoms with Crippen molar-refractivity contribution in [3.8, 4) is 16.9 Å². The Morgan fingerprint density at radius 2 is 1.80 bits per heavy atom. The zero-order chi connectivity index (χ0) is 38.8. The Labute approximate surface area is 329 Å². The zero-order valence-electron chi connectivity index (χ0n) is 31.9. The molecular formula is C43H44N6O6S. The van der Waals surface area contributed by atoms with Gasteiger partial charge in [-0.3, -0.25) is 14.8 Å². The summed E-state index contributed by atoms with van der Waals surface area (Å²) >= 11 is 1.45. The number of hydrogen-bond acceptors (Lipinski definition) is 11. The van der Waals surface area contributed by atoms with Crippen molar-refractivity contribution in [3.63, 3.8) is 0 Å². The van der Waals surface area contributed by atoms with E-state index in [4.69, 9.17) is 29.0 Å². The number of benzene rings is 3. The first-order valence-electron chi connectivity index (χ1n) is 18.8. The minimum atomic E-state index is -0.737. The maximum absolute atomic E-state index is 13.9. The molecule has 1 fully saturated rings. The lowest BCUT2D eigenvalue weighted by Gasteiger charge is -2.31. The third-order valence-electron chi connectivity index (χ3n) is 9.82. The molecule has 0 radical (unpaired) electrons. The fourth-order valence-corrected chi connectivity index (χ4v) is 7.89. The van der Waals surface area contributed by atoms with Gasteiger partial charge in [0.2, 0.25) is 0 Å². The fourth-order valence-electron chi connectivity index (χ4n) is 7.03. The Bertz CT molecular complexity index is 2360. The molecule has 0 bridgehead atoms. The second-order valence-electron chi connectivity index (χ2n) is 14.9. The quantitative estimate of drug-likeness (QED) is 0.140. The number of esters is 1. The van der Waals surface area contributed by atoms with E-state index in [-0.39, 0.29) is 17.7 Å². The van der Waals surface area contributed by atoms with E-state index in [1.807, 2.05) is 105 Å². The van der Waals surface area contributed by atoms with Gasteiger partial charge in [-0.15, -0.1) is 0 Å². The van der Waals surface area contributed by atoms with Gasteiger partial charge >= 0.3 is 5.97 Å². The van der Waals surface area contributed by atoms with E-state index in [9.17, 15) is 9.59 Å². The number of ether oxygens (including phenoxy) is 4. The number of nitrogens with zero attached hydrogens (tertiary/aromatic N) is 5. The largest absolute Gasteiger partial charge is 0.490 e. The van der Waals surface area contributed by atoms with E-state index in [1.165, 1.54) is 11.3 Å². The van der Waals surface area contributed by atoms with Crippen LogP contribution in [0.4, 0.5) is 10.9 Å². The molecule has 1 unspecified atom stereocenters. The molecule has 0 spiro atoms. The van der Waals surface area contributed by atoms with E-state index in [0.717, 1.165) is 43.9 Å². The molecule has 56 heavy (non-hydrogen) atoms. The highest BCUT2D eigenvalue weighted by molar-refractivity contribution is 7.22. The molecule has 0 saturated carbocycles. The predicted octanol–water partition coefficient (Wildman–Crippen LogP) is 7.48. The van der Waals surface area contributed by atoms with Crippen LogP contribution in [0.3, 0.4) is 0 Å². The summed E-state index contributed by atoms with van der Waals surface area (Å²) < 4.78 is 26.3. The van der Waals surface area contributed by atoms with E-state index in [1.54, 1.807) is 6.20 Å². The van der Waals surface area contributed by atoms with Gasteiger partial charge in [-0.2, -0.15) is 5.10 Å². The summed E-state index contributed by atoms with van der Waals surface area (Å²) in [6, 6.07) is 25.4. The molecule has 5 heterocycles. The maximum Gasteiger partial charge on any atom is 0.358 e. The molecule has 6 aromatic rings. The maximum atomic E-state index is 13.9. The summed E-state index contributed by atoms with van der Waals surface area (Å²) in [4.78, 5) is 39.3. The lowest BCUT2D eigenvalue weighted by atomic mass is 9.94. The highest BCUT2D eigenvalue weighted by Gasteiger charge is 2.28. The molecule has 2 aliphatic rings. The summed E-state index contributed by atoms with van der Waals surface area (Å²) in [7, 11) is 0. The summed E-state index contributed by atoms with van der Waals surface area (Å²) in [5.74, 6) is 0.627. The number of rotatable bonds is 10. The summed E-state index contributed by atoms with van der Waals surface area (Å²) in [5, 5.41) is 8.31. The zero-order valence-corrected chi connectivity index (χ0v) is 32.7. The van der Waals surface area contributed by atoms with E-state index in [0.29, 0.717) is 74.6 Å². The summed E-state index contributed by atoms with van der Waals surface area (Å²) in [6.07, 6.45) is 2.36. The summed E-state index contributed by atoms with van der Waals surface area (Å²) in [5.41, 5.74) is 6.14. The third kappa shape index (κ3) is 8.15. The topological polar surface area (TPSA) is 130 Å². The molecule has 288 valence electrons. The van der Waals surface area contributed by atoms with Gasteiger partial charge in [-0.1, -0.05) is 53.8 Å². The smallest absolute Gasteiger partial charge is 0.358 e. The predicted molar refractivity (Wildman–Crippen MR) is 216 cm³/mol. The van der Waals surface area contributed by atoms with E-state index < -0.39 is 11.6 Å². The molecule has 13 heteroatoms. The molecule has 1 N–H and O–H groups in total. The lowest BCUT2D eigenvalue weighted by Crippen LogP contribution is -2.33. The highest BCUT2D eigenvalue weighted by Crippen LogP contribution is 2.33. The van der Waals surface area contributed by atoms with Crippen LogP contribution in [0.2, 0.25) is 0 Å². The number of fused-ring (bicyclic) bond motifs is 2. The molecule has 1 atom stereocenters. The van der Waals surface area contributed by atoms with Gasteiger partial charge in [0.05, 0.1) is 42.8 Å². The van der Waals surface area contributed by atoms with Gasteiger partial charge < -0.3 is 23.8 Å². The first-order chi connectivity index (χ1) is 27.1. The van der Waals surface area contributed by atoms with Crippen molar-refractivity contribution in [2.24, 2.45) is 0 Å². The van der Waals surface area contributed by atoms with Gasteiger partial charge in [0.15, 0.2) is 10.8 Å². The minimum absolute atomic E-state index is 0.118. The van der Waals surface area contributed by atoms with Crippen molar-refractivity contribution in [2.45, 2.75) is 58.9 Å². The minimum Gasteiger partial charge on any atom is -0.490 e. The first-order valence-corrected chi connectivity index (χ1v) is 19.6. The number of carbonyl (C=O) groups excluding carboxylic acids is 2. The van der Waals surface area contributed by atoms with Crippen molar-refractivity contribution in [3.05, 3.63) is 119 Å². The van der Waals surface area contributed by atoms with Crippen LogP contribution in [0, 0.1) is 6.92 Å². The van der Waals surface area contributed by atoms with Crippen molar-refractivity contribution in [1.29, 1.82) is 0 Å². The molecule has 1 saturated heterocycles. The van der Waals surface area contributed by atoms with Crippen LogP contribution >= 0.6 is 11.3 Å². The van der Waals surface area contributed by atoms with Gasteiger partial charge in [0, 0.05) is 41.0 Å². The second kappa shape index (κ2) is 15.8. The lowest BCUT2D eigenvalue weighted by molar-refractivity contribution is -0.101. The molecule has 0 aliphatic carbocycles. The van der Waals surface area contributed by atoms with Crippen molar-refractivity contribution >= 4 is 44.4 Å². The average Bonchev–Trinajstić information content (AvgIpc) is 3.78. The Morgan fingerprint density at radius 3 is 2.62 bits per heavy atom. The molecular weight excluding hydrogens is 729 g/mol. The molecule has 3 aromatic heterocycles. The van der Waals surface area contributed by atoms with Crippen LogP contribution in [0.25, 0.3) is 21.3 Å². The van der Waals surface area contributed by atoms with Crippen LogP contribution in [-0.4, -0.2) is 76.3 Å². The normalized spacial score (nSPS) is 15.7. The van der Waals surface area contributed by atoms with Crippen molar-refractivity contribution < 1.29 is 28.5 Å². The number of para-hydroxylation sites is 2. The number of aromatic nitrogens is 4. The molecule has 12 nitrogen and oxygen atoms in total. The van der Waals surface area contributed by atoms with Crippen LogP contribution < -0.4 is 15.0 Å². The fraction of sp³-hybridized carbons (Fsp3) is 0.326. The molecule has 3 aromatic carbocycles. The number of amides is 1. The molecule has 2 aliphatic heterocycles. The summed E-state index contributed by atoms with van der Waals surface area (Å²) in [6.45, 7) is 11.1. The van der Waals surface area contributed by atoms with E-state index in [2.05, 4.69) is 21.3 Å². The van der Waals surface area contributed by atoms with Crippen molar-refractivity contribution in [2.75, 3.05) is 43.2 Å². The average molecular weight is 773 g/mol.